The fraction of sp³-hybridized carbons (Fsp3) is 0.190. The second-order valence-electron chi connectivity index (χ2n) is 6.16. The maximum absolute atomic E-state index is 13.3. The van der Waals surface area contributed by atoms with Crippen LogP contribution in [0.15, 0.2) is 76.0 Å². The van der Waals surface area contributed by atoms with Gasteiger partial charge in [0.1, 0.15) is 16.8 Å². The van der Waals surface area contributed by atoms with E-state index in [1.165, 1.54) is 0 Å². The summed E-state index contributed by atoms with van der Waals surface area (Å²) in [6.45, 7) is 0. The molecule has 25 heavy (non-hydrogen) atoms. The van der Waals surface area contributed by atoms with Crippen LogP contribution < -0.4 is 0 Å². The van der Waals surface area contributed by atoms with E-state index in [0.717, 1.165) is 29.1 Å². The highest BCUT2D eigenvalue weighted by Gasteiger charge is 2.30. The molecule has 1 aromatic heterocycles. The average molecular weight is 350 g/mol. The topological polar surface area (TPSA) is 47.3 Å². The van der Waals surface area contributed by atoms with Crippen molar-refractivity contribution in [1.29, 1.82) is 0 Å². The van der Waals surface area contributed by atoms with Gasteiger partial charge in [-0.15, -0.1) is 0 Å². The summed E-state index contributed by atoms with van der Waals surface area (Å²) >= 11 is 0. The van der Waals surface area contributed by atoms with E-state index in [9.17, 15) is 9.00 Å². The Bertz CT molecular complexity index is 913. The van der Waals surface area contributed by atoms with Crippen molar-refractivity contribution in [2.45, 2.75) is 29.4 Å². The molecule has 0 fully saturated rings. The highest BCUT2D eigenvalue weighted by Crippen LogP contribution is 2.36. The zero-order valence-electron chi connectivity index (χ0n) is 13.7. The number of furan rings is 1. The first-order chi connectivity index (χ1) is 12.2. The fourth-order valence-electron chi connectivity index (χ4n) is 3.26. The molecule has 0 amide bonds. The van der Waals surface area contributed by atoms with Crippen LogP contribution in [0.4, 0.5) is 0 Å². The highest BCUT2D eigenvalue weighted by atomic mass is 32.2. The Balaban J connectivity index is 1.82. The van der Waals surface area contributed by atoms with Crippen molar-refractivity contribution in [2.24, 2.45) is 0 Å². The number of benzene rings is 2. The molecule has 0 spiro atoms. The second kappa shape index (κ2) is 6.81. The lowest BCUT2D eigenvalue weighted by molar-refractivity contribution is 0.0969. The van der Waals surface area contributed by atoms with Gasteiger partial charge in [0.25, 0.3) is 0 Å². The molecule has 1 aliphatic carbocycles. The van der Waals surface area contributed by atoms with Crippen LogP contribution in [0.3, 0.4) is 0 Å². The predicted octanol–water partition coefficient (Wildman–Crippen LogP) is 4.70. The molecule has 0 saturated carbocycles. The Morgan fingerprint density at radius 3 is 2.28 bits per heavy atom. The van der Waals surface area contributed by atoms with Crippen molar-refractivity contribution in [3.8, 4) is 0 Å². The van der Waals surface area contributed by atoms with Crippen LogP contribution in [0.25, 0.3) is 0 Å². The first kappa shape index (κ1) is 16.0. The molecular formula is C21H18O3S. The van der Waals surface area contributed by atoms with Gasteiger partial charge in [-0.25, -0.2) is 0 Å². The molecule has 2 atom stereocenters. The number of hydrogen-bond acceptors (Lipinski definition) is 3. The molecule has 0 saturated heterocycles. The van der Waals surface area contributed by atoms with Crippen molar-refractivity contribution in [3.05, 3.63) is 89.4 Å². The van der Waals surface area contributed by atoms with Gasteiger partial charge in [0.15, 0.2) is 5.78 Å². The third kappa shape index (κ3) is 3.10. The minimum Gasteiger partial charge on any atom is -0.464 e. The van der Waals surface area contributed by atoms with E-state index in [1.807, 2.05) is 60.7 Å². The van der Waals surface area contributed by atoms with Crippen molar-refractivity contribution in [2.75, 3.05) is 0 Å². The van der Waals surface area contributed by atoms with Gasteiger partial charge in [0, 0.05) is 17.7 Å². The zero-order valence-corrected chi connectivity index (χ0v) is 14.5. The molecule has 3 aromatic rings. The predicted molar refractivity (Wildman–Crippen MR) is 97.1 cm³/mol. The number of aryl methyl sites for hydroxylation is 1. The van der Waals surface area contributed by atoms with Crippen molar-refractivity contribution in [1.82, 2.24) is 0 Å². The van der Waals surface area contributed by atoms with E-state index < -0.39 is 16.0 Å². The summed E-state index contributed by atoms with van der Waals surface area (Å²) in [5, 5.41) is -0.429. The molecule has 3 nitrogen and oxygen atoms in total. The van der Waals surface area contributed by atoms with Crippen molar-refractivity contribution < 1.29 is 13.4 Å². The number of ketones is 1. The van der Waals surface area contributed by atoms with E-state index >= 15 is 0 Å². The number of fused-ring (bicyclic) bond motifs is 1. The lowest BCUT2D eigenvalue weighted by Gasteiger charge is -2.15. The van der Waals surface area contributed by atoms with Crippen LogP contribution in [-0.2, 0) is 17.2 Å². The summed E-state index contributed by atoms with van der Waals surface area (Å²) in [6, 6.07) is 20.9. The third-order valence-corrected chi connectivity index (χ3v) is 6.16. The quantitative estimate of drug-likeness (QED) is 0.685. The Labute approximate surface area is 149 Å². The van der Waals surface area contributed by atoms with Gasteiger partial charge < -0.3 is 4.42 Å². The van der Waals surface area contributed by atoms with Gasteiger partial charge in [0.05, 0.1) is 16.4 Å². The van der Waals surface area contributed by atoms with Gasteiger partial charge in [-0.1, -0.05) is 48.5 Å². The fourth-order valence-corrected chi connectivity index (χ4v) is 4.69. The first-order valence-electron chi connectivity index (χ1n) is 8.40. The summed E-state index contributed by atoms with van der Waals surface area (Å²) in [6.07, 6.45) is 2.14. The summed E-state index contributed by atoms with van der Waals surface area (Å²) in [5.41, 5.74) is 1.58. The van der Waals surface area contributed by atoms with E-state index in [4.69, 9.17) is 4.42 Å². The van der Waals surface area contributed by atoms with Gasteiger partial charge in [0.2, 0.25) is 0 Å². The molecule has 0 N–H and O–H groups in total. The summed E-state index contributed by atoms with van der Waals surface area (Å²) < 4.78 is 19.3. The number of carbonyl (C=O) groups excluding carboxylic acids is 1. The molecule has 0 radical (unpaired) electrons. The summed E-state index contributed by atoms with van der Waals surface area (Å²) in [5.74, 6) is 1.46. The van der Waals surface area contributed by atoms with Crippen LogP contribution in [-0.4, -0.2) is 9.99 Å². The number of hydrogen-bond donors (Lipinski definition) is 0. The van der Waals surface area contributed by atoms with Crippen LogP contribution in [0, 0.1) is 0 Å². The van der Waals surface area contributed by atoms with Crippen LogP contribution >= 0.6 is 0 Å². The standard InChI is InChI=1S/C21H18O3S/c22-18-12-7-13-19-17(18)14-20(24-19)21(15-8-3-1-4-9-15)25(23)16-10-5-2-6-11-16/h1-6,8-11,14,21H,7,12-13H2. The number of rotatable bonds is 4. The van der Waals surface area contributed by atoms with Gasteiger partial charge in [-0.05, 0) is 30.2 Å². The normalized spacial score (nSPS) is 16.2. The van der Waals surface area contributed by atoms with E-state index in [0.29, 0.717) is 17.7 Å². The largest absolute Gasteiger partial charge is 0.464 e. The lowest BCUT2D eigenvalue weighted by Crippen LogP contribution is -2.08. The zero-order chi connectivity index (χ0) is 17.2. The van der Waals surface area contributed by atoms with E-state index in [1.54, 1.807) is 6.07 Å². The second-order valence-corrected chi connectivity index (χ2v) is 7.70. The Morgan fingerprint density at radius 1 is 0.920 bits per heavy atom. The molecule has 4 heteroatoms. The van der Waals surface area contributed by atoms with Crippen LogP contribution in [0.5, 0.6) is 0 Å². The van der Waals surface area contributed by atoms with Gasteiger partial charge in [-0.3, -0.25) is 9.00 Å². The minimum absolute atomic E-state index is 0.119. The number of Topliss-reactive ketones (excluding diaryl/α,β-unsaturated/α-hetero) is 1. The number of carbonyl (C=O) groups is 1. The van der Waals surface area contributed by atoms with Crippen LogP contribution in [0.2, 0.25) is 0 Å². The maximum Gasteiger partial charge on any atom is 0.166 e. The minimum atomic E-state index is -1.32. The Kier molecular flexibility index (Phi) is 4.36. The molecule has 0 bridgehead atoms. The van der Waals surface area contributed by atoms with Gasteiger partial charge >= 0.3 is 0 Å². The van der Waals surface area contributed by atoms with Crippen molar-refractivity contribution >= 4 is 16.6 Å². The molecule has 2 unspecified atom stereocenters. The summed E-state index contributed by atoms with van der Waals surface area (Å²) in [4.78, 5) is 12.9. The van der Waals surface area contributed by atoms with E-state index in [2.05, 4.69) is 0 Å². The summed E-state index contributed by atoms with van der Waals surface area (Å²) in [7, 11) is -1.32. The lowest BCUT2D eigenvalue weighted by atomic mass is 9.97. The maximum atomic E-state index is 13.3. The molecule has 1 heterocycles. The SMILES string of the molecule is O=C1CCCc2oc(C(c3ccccc3)S(=O)c3ccccc3)cc21. The Hall–Kier alpha value is -2.46. The molecule has 126 valence electrons. The van der Waals surface area contributed by atoms with E-state index in [-0.39, 0.29) is 5.78 Å². The average Bonchev–Trinajstić information content (AvgIpc) is 3.08. The molecule has 1 aliphatic rings. The molecule has 0 aliphatic heterocycles. The Morgan fingerprint density at radius 2 is 1.60 bits per heavy atom. The molecule has 4 rings (SSSR count). The smallest absolute Gasteiger partial charge is 0.166 e. The van der Waals surface area contributed by atoms with Crippen LogP contribution in [0.1, 0.15) is 45.5 Å². The first-order valence-corrected chi connectivity index (χ1v) is 9.62. The highest BCUT2D eigenvalue weighted by molar-refractivity contribution is 7.85. The molecular weight excluding hydrogens is 332 g/mol. The molecule has 2 aromatic carbocycles. The monoisotopic (exact) mass is 350 g/mol. The van der Waals surface area contributed by atoms with Crippen molar-refractivity contribution in [3.63, 3.8) is 0 Å². The third-order valence-electron chi connectivity index (χ3n) is 4.49. The van der Waals surface area contributed by atoms with Gasteiger partial charge in [-0.2, -0.15) is 0 Å².